The van der Waals surface area contributed by atoms with Crippen molar-refractivity contribution in [2.45, 2.75) is 0 Å². The van der Waals surface area contributed by atoms with Gasteiger partial charge in [-0.25, -0.2) is 0 Å². The van der Waals surface area contributed by atoms with E-state index < -0.39 is 23.3 Å². The minimum atomic E-state index is -1.38. The van der Waals surface area contributed by atoms with Gasteiger partial charge in [0.25, 0.3) is 0 Å². The Labute approximate surface area is 162 Å². The van der Waals surface area contributed by atoms with Crippen LogP contribution in [0.4, 0.5) is 0 Å². The molecule has 0 spiro atoms. The Kier molecular flexibility index (Phi) is 6.80. The van der Waals surface area contributed by atoms with E-state index in [2.05, 4.69) is 0 Å². The number of rotatable bonds is 6. The molecule has 128 valence electrons. The second-order valence-corrected chi connectivity index (χ2v) is 5.62. The second-order valence-electron chi connectivity index (χ2n) is 5.62. The fourth-order valence-corrected chi connectivity index (χ4v) is 2.66. The molecule has 0 bridgehead atoms. The Balaban J connectivity index is 0.00000243. The Morgan fingerprint density at radius 3 is 0.923 bits per heavy atom. The van der Waals surface area contributed by atoms with Crippen LogP contribution in [0.1, 0.15) is 31.1 Å². The van der Waals surface area contributed by atoms with E-state index in [4.69, 9.17) is 0 Å². The molecular weight excluding hydrogens is 364 g/mol. The van der Waals surface area contributed by atoms with Crippen LogP contribution in [-0.2, 0) is 17.4 Å². The predicted molar refractivity (Wildman–Crippen MR) is 95.8 cm³/mol. The topological polar surface area (TPSA) is 51.2 Å². The third-order valence-corrected chi connectivity index (χ3v) is 3.96. The maximum atomic E-state index is 12.9. The van der Waals surface area contributed by atoms with Crippen LogP contribution in [0.2, 0.25) is 0 Å². The zero-order valence-corrected chi connectivity index (χ0v) is 15.1. The van der Waals surface area contributed by atoms with Crippen LogP contribution in [0.15, 0.2) is 91.0 Å². The third-order valence-electron chi connectivity index (χ3n) is 3.96. The molecule has 0 radical (unpaired) electrons. The molecule has 0 unspecified atom stereocenters. The Bertz CT molecular complexity index is 768. The monoisotopic (exact) mass is 380 g/mol. The summed E-state index contributed by atoms with van der Waals surface area (Å²) in [6, 6.07) is 25.3. The van der Waals surface area contributed by atoms with Crippen molar-refractivity contribution >= 4 is 17.3 Å². The van der Waals surface area contributed by atoms with Gasteiger partial charge in [0, 0.05) is 34.1 Å². The van der Waals surface area contributed by atoms with Crippen LogP contribution in [0.3, 0.4) is 0 Å². The van der Waals surface area contributed by atoms with Crippen LogP contribution < -0.4 is 0 Å². The third kappa shape index (κ3) is 4.24. The Hall–Kier alpha value is -2.80. The van der Waals surface area contributed by atoms with E-state index in [0.29, 0.717) is 16.7 Å². The van der Waals surface area contributed by atoms with Gasteiger partial charge in [-0.3, -0.25) is 14.4 Å². The van der Waals surface area contributed by atoms with Crippen molar-refractivity contribution in [1.82, 2.24) is 0 Å². The van der Waals surface area contributed by atoms with Crippen molar-refractivity contribution in [3.63, 3.8) is 0 Å². The summed E-state index contributed by atoms with van der Waals surface area (Å²) in [7, 11) is 0. The molecule has 0 aliphatic rings. The first kappa shape index (κ1) is 19.5. The van der Waals surface area contributed by atoms with Gasteiger partial charge < -0.3 is 0 Å². The molecule has 3 aromatic carbocycles. The van der Waals surface area contributed by atoms with Crippen molar-refractivity contribution in [2.75, 3.05) is 0 Å². The van der Waals surface area contributed by atoms with Crippen LogP contribution in [-0.4, -0.2) is 17.3 Å². The normalized spacial score (nSPS) is 10.0. The van der Waals surface area contributed by atoms with Gasteiger partial charge in [0.05, 0.1) is 0 Å². The molecule has 0 saturated heterocycles. The standard InChI is InChI=1S/C22H16O3.Cr/c23-20(16-10-4-1-5-11-16)19(21(24)17-12-6-2-7-13-17)22(25)18-14-8-3-9-15-18;/h1-15,19H;. The molecule has 0 aromatic heterocycles. The molecule has 3 rings (SSSR count). The minimum absolute atomic E-state index is 0. The number of hydrogen-bond acceptors (Lipinski definition) is 3. The Morgan fingerprint density at radius 2 is 0.692 bits per heavy atom. The van der Waals surface area contributed by atoms with Crippen LogP contribution in [0.25, 0.3) is 0 Å². The van der Waals surface area contributed by atoms with E-state index in [9.17, 15) is 14.4 Å². The molecular formula is C22H16CrO3. The van der Waals surface area contributed by atoms with Crippen molar-refractivity contribution in [1.29, 1.82) is 0 Å². The summed E-state index contributed by atoms with van der Waals surface area (Å²) in [4.78, 5) is 38.8. The molecule has 0 heterocycles. The van der Waals surface area contributed by atoms with Gasteiger partial charge in [-0.1, -0.05) is 91.0 Å². The average molecular weight is 380 g/mol. The van der Waals surface area contributed by atoms with Gasteiger partial charge >= 0.3 is 0 Å². The van der Waals surface area contributed by atoms with Crippen LogP contribution in [0, 0.1) is 5.92 Å². The van der Waals surface area contributed by atoms with Crippen molar-refractivity contribution in [3.05, 3.63) is 108 Å². The molecule has 0 aliphatic heterocycles. The molecule has 0 atom stereocenters. The summed E-state index contributed by atoms with van der Waals surface area (Å²) < 4.78 is 0. The summed E-state index contributed by atoms with van der Waals surface area (Å²) in [5.74, 6) is -2.83. The molecule has 0 aliphatic carbocycles. The van der Waals surface area contributed by atoms with Crippen molar-refractivity contribution in [2.24, 2.45) is 5.92 Å². The molecule has 0 saturated carbocycles. The molecule has 4 heteroatoms. The van der Waals surface area contributed by atoms with Gasteiger partial charge in [0.15, 0.2) is 17.3 Å². The van der Waals surface area contributed by atoms with E-state index in [1.807, 2.05) is 0 Å². The van der Waals surface area contributed by atoms with E-state index in [0.717, 1.165) is 0 Å². The van der Waals surface area contributed by atoms with E-state index >= 15 is 0 Å². The number of benzene rings is 3. The maximum Gasteiger partial charge on any atom is 0.181 e. The second kappa shape index (κ2) is 9.05. The molecule has 0 fully saturated rings. The summed E-state index contributed by atoms with van der Waals surface area (Å²) in [5.41, 5.74) is 1.04. The largest absolute Gasteiger partial charge is 0.293 e. The zero-order valence-electron chi connectivity index (χ0n) is 13.9. The fraction of sp³-hybridized carbons (Fsp3) is 0.0455. The summed E-state index contributed by atoms with van der Waals surface area (Å²) >= 11 is 0. The van der Waals surface area contributed by atoms with E-state index in [-0.39, 0.29) is 17.4 Å². The molecule has 26 heavy (non-hydrogen) atoms. The minimum Gasteiger partial charge on any atom is -0.293 e. The number of carbonyl (C=O) groups excluding carboxylic acids is 3. The fourth-order valence-electron chi connectivity index (χ4n) is 2.66. The summed E-state index contributed by atoms with van der Waals surface area (Å²) in [6.45, 7) is 0. The van der Waals surface area contributed by atoms with Crippen molar-refractivity contribution < 1.29 is 31.7 Å². The van der Waals surface area contributed by atoms with Crippen molar-refractivity contribution in [3.8, 4) is 0 Å². The molecule has 0 N–H and O–H groups in total. The van der Waals surface area contributed by atoms with Crippen LogP contribution >= 0.6 is 0 Å². The number of hydrogen-bond donors (Lipinski definition) is 0. The number of ketones is 3. The van der Waals surface area contributed by atoms with E-state index in [1.54, 1.807) is 91.0 Å². The van der Waals surface area contributed by atoms with Crippen LogP contribution in [0.5, 0.6) is 0 Å². The summed E-state index contributed by atoms with van der Waals surface area (Å²) in [5, 5.41) is 0. The first-order chi connectivity index (χ1) is 12.2. The maximum absolute atomic E-state index is 12.9. The van der Waals surface area contributed by atoms with Gasteiger partial charge in [-0.15, -0.1) is 0 Å². The SMILES string of the molecule is O=C(c1ccccc1)C(C(=O)c1ccccc1)C(=O)c1ccccc1.[Cr]. The van der Waals surface area contributed by atoms with Gasteiger partial charge in [0.2, 0.25) is 0 Å². The van der Waals surface area contributed by atoms with E-state index in [1.165, 1.54) is 0 Å². The van der Waals surface area contributed by atoms with Gasteiger partial charge in [-0.05, 0) is 0 Å². The quantitative estimate of drug-likeness (QED) is 0.475. The predicted octanol–water partition coefficient (Wildman–Crippen LogP) is 4.25. The average Bonchev–Trinajstić information content (AvgIpc) is 2.70. The summed E-state index contributed by atoms with van der Waals surface area (Å²) in [6.07, 6.45) is 0. The molecule has 3 nitrogen and oxygen atoms in total. The number of Topliss-reactive ketones (excluding diaryl/α,β-unsaturated/α-hetero) is 3. The first-order valence-electron chi connectivity index (χ1n) is 7.96. The molecule has 3 aromatic rings. The van der Waals surface area contributed by atoms with Gasteiger partial charge in [-0.2, -0.15) is 0 Å². The smallest absolute Gasteiger partial charge is 0.181 e. The number of carbonyl (C=O) groups is 3. The first-order valence-corrected chi connectivity index (χ1v) is 7.96. The zero-order chi connectivity index (χ0) is 17.6. The van der Waals surface area contributed by atoms with Gasteiger partial charge in [0.1, 0.15) is 5.92 Å². The Morgan fingerprint density at radius 1 is 0.462 bits per heavy atom. The molecule has 0 amide bonds.